The molecule has 4 nitrogen and oxygen atoms in total. The van der Waals surface area contributed by atoms with Crippen molar-refractivity contribution in [2.45, 2.75) is 58.4 Å². The maximum absolute atomic E-state index is 11.4. The van der Waals surface area contributed by atoms with Crippen LogP contribution in [-0.4, -0.2) is 16.1 Å². The quantitative estimate of drug-likeness (QED) is 0.772. The van der Waals surface area contributed by atoms with Crippen LogP contribution < -0.4 is 5.73 Å². The molecule has 1 aromatic heterocycles. The number of nitrogens with zero attached hydrogens (tertiary/aromatic N) is 1. The summed E-state index contributed by atoms with van der Waals surface area (Å²) in [7, 11) is 0. The standard InChI is InChI=1S/C25H30N2O2/c1-25-11-3-5-18-7-8-20(24(28)29)13-19(18)4-2-6-22(25)9-10-23(25)21-12-17(14-26)15-27-16-21/h7-8,10,12-13,15-16,22H,2-6,9,11,14,26H2,1H3,(H,28,29). The van der Waals surface area contributed by atoms with Crippen LogP contribution in [0, 0.1) is 11.3 Å². The average molecular weight is 391 g/mol. The minimum absolute atomic E-state index is 0.160. The number of hydrogen-bond acceptors (Lipinski definition) is 3. The van der Waals surface area contributed by atoms with Gasteiger partial charge in [-0.05, 0) is 102 Å². The second-order valence-electron chi connectivity index (χ2n) is 8.79. The summed E-state index contributed by atoms with van der Waals surface area (Å²) >= 11 is 0. The van der Waals surface area contributed by atoms with Crippen molar-refractivity contribution in [2.75, 3.05) is 0 Å². The van der Waals surface area contributed by atoms with Gasteiger partial charge in [-0.2, -0.15) is 0 Å². The zero-order valence-corrected chi connectivity index (χ0v) is 17.2. The summed E-state index contributed by atoms with van der Waals surface area (Å²) in [6.07, 6.45) is 13.8. The van der Waals surface area contributed by atoms with Gasteiger partial charge in [0, 0.05) is 18.9 Å². The number of aromatic carboxylic acids is 1. The van der Waals surface area contributed by atoms with Crippen molar-refractivity contribution in [2.24, 2.45) is 17.1 Å². The highest BCUT2D eigenvalue weighted by Gasteiger charge is 2.41. The summed E-state index contributed by atoms with van der Waals surface area (Å²) in [4.78, 5) is 15.8. The molecular weight excluding hydrogens is 360 g/mol. The third-order valence-electron chi connectivity index (χ3n) is 7.06. The van der Waals surface area contributed by atoms with Crippen LogP contribution in [0.25, 0.3) is 5.57 Å². The molecule has 0 radical (unpaired) electrons. The molecule has 2 atom stereocenters. The third kappa shape index (κ3) is 3.86. The molecule has 1 aromatic carbocycles. The van der Waals surface area contributed by atoms with Crippen LogP contribution in [0.5, 0.6) is 0 Å². The number of aryl methyl sites for hydroxylation is 2. The zero-order valence-electron chi connectivity index (χ0n) is 17.2. The molecule has 4 heteroatoms. The number of nitrogens with two attached hydrogens (primary N) is 1. The zero-order chi connectivity index (χ0) is 20.4. The van der Waals surface area contributed by atoms with E-state index in [9.17, 15) is 9.90 Å². The minimum atomic E-state index is -0.838. The van der Waals surface area contributed by atoms with Crippen LogP contribution in [0.4, 0.5) is 0 Å². The molecule has 0 bridgehead atoms. The number of pyridine rings is 1. The van der Waals surface area contributed by atoms with Crippen molar-refractivity contribution in [1.82, 2.24) is 4.98 Å². The summed E-state index contributed by atoms with van der Waals surface area (Å²) in [5.74, 6) is -0.210. The third-order valence-corrected chi connectivity index (χ3v) is 7.06. The van der Waals surface area contributed by atoms with Gasteiger partial charge in [-0.3, -0.25) is 4.98 Å². The number of carbonyl (C=O) groups is 1. The lowest BCUT2D eigenvalue weighted by atomic mass is 9.68. The summed E-state index contributed by atoms with van der Waals surface area (Å²) < 4.78 is 0. The second-order valence-corrected chi connectivity index (χ2v) is 8.79. The highest BCUT2D eigenvalue weighted by Crippen LogP contribution is 2.53. The first-order valence-electron chi connectivity index (χ1n) is 10.7. The van der Waals surface area contributed by atoms with Crippen LogP contribution >= 0.6 is 0 Å². The van der Waals surface area contributed by atoms with Crippen molar-refractivity contribution in [3.63, 3.8) is 0 Å². The number of carboxylic acid groups (broad SMARTS) is 1. The van der Waals surface area contributed by atoms with Crippen molar-refractivity contribution >= 4 is 11.5 Å². The van der Waals surface area contributed by atoms with Crippen LogP contribution in [0.2, 0.25) is 0 Å². The van der Waals surface area contributed by atoms with Gasteiger partial charge in [0.05, 0.1) is 5.56 Å². The van der Waals surface area contributed by atoms with Gasteiger partial charge in [-0.15, -0.1) is 0 Å². The average Bonchev–Trinajstić information content (AvgIpc) is 3.05. The summed E-state index contributed by atoms with van der Waals surface area (Å²) in [6, 6.07) is 7.87. The number of benzene rings is 1. The Morgan fingerprint density at radius 2 is 2.03 bits per heavy atom. The Balaban J connectivity index is 1.59. The Hall–Kier alpha value is -2.46. The molecule has 2 unspecified atom stereocenters. The van der Waals surface area contributed by atoms with E-state index >= 15 is 0 Å². The van der Waals surface area contributed by atoms with Gasteiger partial charge < -0.3 is 10.8 Å². The fraction of sp³-hybridized carbons (Fsp3) is 0.440. The van der Waals surface area contributed by atoms with E-state index in [1.54, 1.807) is 6.07 Å². The van der Waals surface area contributed by atoms with E-state index in [2.05, 4.69) is 24.1 Å². The van der Waals surface area contributed by atoms with Gasteiger partial charge in [0.1, 0.15) is 0 Å². The van der Waals surface area contributed by atoms with E-state index in [-0.39, 0.29) is 5.41 Å². The summed E-state index contributed by atoms with van der Waals surface area (Å²) in [5, 5.41) is 9.32. The molecule has 2 aromatic rings. The Bertz CT molecular complexity index is 950. The van der Waals surface area contributed by atoms with E-state index in [4.69, 9.17) is 5.73 Å². The Morgan fingerprint density at radius 1 is 1.21 bits per heavy atom. The number of carboxylic acids is 1. The van der Waals surface area contributed by atoms with E-state index in [0.717, 1.165) is 50.5 Å². The van der Waals surface area contributed by atoms with Crippen LogP contribution in [0.1, 0.15) is 71.6 Å². The predicted molar refractivity (Wildman–Crippen MR) is 116 cm³/mol. The van der Waals surface area contributed by atoms with Gasteiger partial charge in [0.2, 0.25) is 0 Å². The highest BCUT2D eigenvalue weighted by atomic mass is 16.4. The lowest BCUT2D eigenvalue weighted by Gasteiger charge is -2.36. The smallest absolute Gasteiger partial charge is 0.335 e. The first kappa shape index (κ1) is 19.8. The SMILES string of the molecule is CC12CCCc3ccc(C(=O)O)cc3CCCC1CC=C2c1cncc(CN)c1. The molecule has 4 rings (SSSR count). The summed E-state index contributed by atoms with van der Waals surface area (Å²) in [6.45, 7) is 2.95. The molecule has 0 amide bonds. The van der Waals surface area contributed by atoms with Gasteiger partial charge in [0.25, 0.3) is 0 Å². The molecule has 1 heterocycles. The van der Waals surface area contributed by atoms with Crippen molar-refractivity contribution in [3.05, 3.63) is 70.6 Å². The van der Waals surface area contributed by atoms with E-state index in [1.807, 2.05) is 24.5 Å². The lowest BCUT2D eigenvalue weighted by Crippen LogP contribution is -2.26. The normalized spacial score (nSPS) is 24.3. The fourth-order valence-electron chi connectivity index (χ4n) is 5.36. The minimum Gasteiger partial charge on any atom is -0.478 e. The molecule has 2 aliphatic carbocycles. The van der Waals surface area contributed by atoms with E-state index < -0.39 is 5.97 Å². The predicted octanol–water partition coefficient (Wildman–Crippen LogP) is 5.01. The molecule has 0 spiro atoms. The number of aromatic nitrogens is 1. The Labute approximate surface area is 172 Å². The van der Waals surface area contributed by atoms with E-state index in [1.165, 1.54) is 22.3 Å². The monoisotopic (exact) mass is 390 g/mol. The molecule has 0 aliphatic heterocycles. The number of hydrogen-bond donors (Lipinski definition) is 2. The van der Waals surface area contributed by atoms with Crippen LogP contribution in [0.3, 0.4) is 0 Å². The Morgan fingerprint density at radius 3 is 2.83 bits per heavy atom. The van der Waals surface area contributed by atoms with Crippen molar-refractivity contribution in [1.29, 1.82) is 0 Å². The topological polar surface area (TPSA) is 76.2 Å². The highest BCUT2D eigenvalue weighted by molar-refractivity contribution is 5.87. The van der Waals surface area contributed by atoms with Crippen molar-refractivity contribution < 1.29 is 9.90 Å². The lowest BCUT2D eigenvalue weighted by molar-refractivity contribution is 0.0696. The summed E-state index contributed by atoms with van der Waals surface area (Å²) in [5.41, 5.74) is 12.7. The molecule has 3 N–H and O–H groups in total. The van der Waals surface area contributed by atoms with E-state index in [0.29, 0.717) is 18.0 Å². The molecule has 0 saturated carbocycles. The molecule has 29 heavy (non-hydrogen) atoms. The number of rotatable bonds is 3. The van der Waals surface area contributed by atoms with Crippen LogP contribution in [0.15, 0.2) is 42.7 Å². The maximum atomic E-state index is 11.4. The second kappa shape index (κ2) is 8.11. The van der Waals surface area contributed by atoms with Crippen molar-refractivity contribution in [3.8, 4) is 0 Å². The number of allylic oxidation sites excluding steroid dienone is 2. The molecular formula is C25H30N2O2. The molecule has 152 valence electrons. The molecule has 0 saturated heterocycles. The fourth-order valence-corrected chi connectivity index (χ4v) is 5.36. The largest absolute Gasteiger partial charge is 0.478 e. The molecule has 0 fully saturated rings. The van der Waals surface area contributed by atoms with Gasteiger partial charge in [-0.25, -0.2) is 4.79 Å². The van der Waals surface area contributed by atoms with Gasteiger partial charge in [0.15, 0.2) is 0 Å². The first-order chi connectivity index (χ1) is 14.0. The molecule has 2 aliphatic rings. The van der Waals surface area contributed by atoms with Gasteiger partial charge >= 0.3 is 5.97 Å². The number of fused-ring (bicyclic) bond motifs is 2. The maximum Gasteiger partial charge on any atom is 0.335 e. The first-order valence-corrected chi connectivity index (χ1v) is 10.7. The Kier molecular flexibility index (Phi) is 5.55. The van der Waals surface area contributed by atoms with Gasteiger partial charge in [-0.1, -0.05) is 19.1 Å². The van der Waals surface area contributed by atoms with Crippen LogP contribution in [-0.2, 0) is 19.4 Å².